The first-order valence-corrected chi connectivity index (χ1v) is 8.50. The van der Waals surface area contributed by atoms with Crippen LogP contribution in [0.15, 0.2) is 53.1 Å². The van der Waals surface area contributed by atoms with E-state index in [1.54, 1.807) is 6.07 Å². The molecule has 0 aliphatic heterocycles. The normalized spacial score (nSPS) is 10.8. The number of anilines is 1. The molecule has 146 valence electrons. The molecule has 8 heteroatoms. The maximum Gasteiger partial charge on any atom is 0.387 e. The molecule has 2 aromatic carbocycles. The molecule has 0 spiro atoms. The highest BCUT2D eigenvalue weighted by atomic mass is 19.3. The van der Waals surface area contributed by atoms with Gasteiger partial charge in [-0.3, -0.25) is 10.1 Å². The SMILES string of the molecule is CCc1ccc(-c2cc(NC(=O)c3ccc(OC(F)F)c(OC)c3)on2)cc1. The highest BCUT2D eigenvalue weighted by molar-refractivity contribution is 6.04. The summed E-state index contributed by atoms with van der Waals surface area (Å²) in [6.45, 7) is -0.924. The summed E-state index contributed by atoms with van der Waals surface area (Å²) in [5, 5.41) is 6.52. The first-order valence-electron chi connectivity index (χ1n) is 8.50. The van der Waals surface area contributed by atoms with Crippen molar-refractivity contribution in [2.75, 3.05) is 12.4 Å². The minimum absolute atomic E-state index is 0.0159. The molecule has 0 saturated carbocycles. The quantitative estimate of drug-likeness (QED) is 0.631. The predicted octanol–water partition coefficient (Wildman–Crippen LogP) is 4.77. The van der Waals surface area contributed by atoms with Crippen LogP contribution in [-0.4, -0.2) is 24.8 Å². The Morgan fingerprint density at radius 3 is 2.54 bits per heavy atom. The van der Waals surface area contributed by atoms with Gasteiger partial charge in [0.2, 0.25) is 5.88 Å². The molecule has 0 unspecified atom stereocenters. The Balaban J connectivity index is 1.73. The molecule has 3 aromatic rings. The third kappa shape index (κ3) is 4.46. The number of methoxy groups -OCH3 is 1. The number of carbonyl (C=O) groups excluding carboxylic acids is 1. The van der Waals surface area contributed by atoms with Crippen LogP contribution in [0.2, 0.25) is 0 Å². The minimum Gasteiger partial charge on any atom is -0.493 e. The van der Waals surface area contributed by atoms with Gasteiger partial charge in [-0.2, -0.15) is 8.78 Å². The third-order valence-corrected chi connectivity index (χ3v) is 4.05. The van der Waals surface area contributed by atoms with Crippen LogP contribution in [0.25, 0.3) is 11.3 Å². The second kappa shape index (κ2) is 8.51. The number of alkyl halides is 2. The van der Waals surface area contributed by atoms with E-state index in [1.807, 2.05) is 24.3 Å². The van der Waals surface area contributed by atoms with Crippen LogP contribution in [0.1, 0.15) is 22.8 Å². The molecule has 3 rings (SSSR count). The Kier molecular flexibility index (Phi) is 5.88. The van der Waals surface area contributed by atoms with Crippen molar-refractivity contribution in [2.45, 2.75) is 20.0 Å². The van der Waals surface area contributed by atoms with Crippen molar-refractivity contribution in [1.82, 2.24) is 5.16 Å². The fourth-order valence-electron chi connectivity index (χ4n) is 2.57. The fraction of sp³-hybridized carbons (Fsp3) is 0.200. The number of aryl methyl sites for hydroxylation is 1. The number of benzene rings is 2. The van der Waals surface area contributed by atoms with Crippen LogP contribution in [0.3, 0.4) is 0 Å². The lowest BCUT2D eigenvalue weighted by Crippen LogP contribution is -2.12. The lowest BCUT2D eigenvalue weighted by molar-refractivity contribution is -0.0512. The molecule has 1 amide bonds. The van der Waals surface area contributed by atoms with Crippen molar-refractivity contribution >= 4 is 11.8 Å². The van der Waals surface area contributed by atoms with Crippen LogP contribution in [0.4, 0.5) is 14.7 Å². The average molecular weight is 388 g/mol. The minimum atomic E-state index is -2.99. The highest BCUT2D eigenvalue weighted by Crippen LogP contribution is 2.30. The Morgan fingerprint density at radius 2 is 1.89 bits per heavy atom. The molecule has 0 aliphatic rings. The maximum absolute atomic E-state index is 12.4. The van der Waals surface area contributed by atoms with Gasteiger partial charge in [0.25, 0.3) is 5.91 Å². The van der Waals surface area contributed by atoms with Gasteiger partial charge in [0.05, 0.1) is 7.11 Å². The number of carbonyl (C=O) groups is 1. The Morgan fingerprint density at radius 1 is 1.14 bits per heavy atom. The number of ether oxygens (including phenoxy) is 2. The van der Waals surface area contributed by atoms with Crippen molar-refractivity contribution in [1.29, 1.82) is 0 Å². The zero-order chi connectivity index (χ0) is 20.1. The van der Waals surface area contributed by atoms with Crippen LogP contribution in [-0.2, 0) is 6.42 Å². The molecular formula is C20H18F2N2O4. The van der Waals surface area contributed by atoms with Crippen LogP contribution < -0.4 is 14.8 Å². The molecule has 1 aromatic heterocycles. The summed E-state index contributed by atoms with van der Waals surface area (Å²) in [5.74, 6) is -0.494. The third-order valence-electron chi connectivity index (χ3n) is 4.05. The monoisotopic (exact) mass is 388 g/mol. The molecule has 1 N–H and O–H groups in total. The summed E-state index contributed by atoms with van der Waals surface area (Å²) in [4.78, 5) is 12.4. The average Bonchev–Trinajstić information content (AvgIpc) is 3.16. The van der Waals surface area contributed by atoms with Crippen molar-refractivity contribution in [2.24, 2.45) is 0 Å². The van der Waals surface area contributed by atoms with E-state index in [0.29, 0.717) is 5.69 Å². The Bertz CT molecular complexity index is 955. The molecule has 1 heterocycles. The second-order valence-corrected chi connectivity index (χ2v) is 5.83. The van der Waals surface area contributed by atoms with Crippen molar-refractivity contribution < 1.29 is 27.6 Å². The summed E-state index contributed by atoms with van der Waals surface area (Å²) in [5.41, 5.74) is 2.82. The highest BCUT2D eigenvalue weighted by Gasteiger charge is 2.16. The van der Waals surface area contributed by atoms with E-state index in [1.165, 1.54) is 30.9 Å². The van der Waals surface area contributed by atoms with E-state index in [-0.39, 0.29) is 22.9 Å². The molecule has 0 atom stereocenters. The molecule has 0 radical (unpaired) electrons. The van der Waals surface area contributed by atoms with Crippen LogP contribution in [0.5, 0.6) is 11.5 Å². The fourth-order valence-corrected chi connectivity index (χ4v) is 2.57. The van der Waals surface area contributed by atoms with Crippen molar-refractivity contribution in [3.05, 3.63) is 59.7 Å². The number of nitrogens with one attached hydrogen (secondary N) is 1. The van der Waals surface area contributed by atoms with Crippen molar-refractivity contribution in [3.63, 3.8) is 0 Å². The number of hydrogen-bond donors (Lipinski definition) is 1. The van der Waals surface area contributed by atoms with Gasteiger partial charge in [0.1, 0.15) is 5.69 Å². The lowest BCUT2D eigenvalue weighted by Gasteiger charge is -2.11. The standard InChI is InChI=1S/C20H18F2N2O4/c1-3-12-4-6-13(7-5-12)15-11-18(28-24-15)23-19(25)14-8-9-16(27-20(21)22)17(10-14)26-2/h4-11,20H,3H2,1-2H3,(H,23,25). The van der Waals surface area contributed by atoms with E-state index >= 15 is 0 Å². The predicted molar refractivity (Wildman–Crippen MR) is 98.9 cm³/mol. The number of nitrogens with zero attached hydrogens (tertiary/aromatic N) is 1. The van der Waals surface area contributed by atoms with Gasteiger partial charge < -0.3 is 14.0 Å². The second-order valence-electron chi connectivity index (χ2n) is 5.83. The molecule has 0 aliphatic carbocycles. The first kappa shape index (κ1) is 19.3. The zero-order valence-corrected chi connectivity index (χ0v) is 15.2. The zero-order valence-electron chi connectivity index (χ0n) is 15.2. The summed E-state index contributed by atoms with van der Waals surface area (Å²) >= 11 is 0. The molecule has 0 fully saturated rings. The smallest absolute Gasteiger partial charge is 0.387 e. The summed E-state index contributed by atoms with van der Waals surface area (Å²) in [6, 6.07) is 13.3. The van der Waals surface area contributed by atoms with Gasteiger partial charge >= 0.3 is 6.61 Å². The largest absolute Gasteiger partial charge is 0.493 e. The number of halogens is 2. The maximum atomic E-state index is 12.4. The van der Waals surface area contributed by atoms with Gasteiger partial charge in [-0.05, 0) is 30.2 Å². The summed E-state index contributed by atoms with van der Waals surface area (Å²) in [7, 11) is 1.29. The molecule has 0 saturated heterocycles. The van der Waals surface area contributed by atoms with Crippen LogP contribution in [0, 0.1) is 0 Å². The van der Waals surface area contributed by atoms with E-state index in [9.17, 15) is 13.6 Å². The first-order chi connectivity index (χ1) is 13.5. The Hall–Kier alpha value is -3.42. The molecule has 6 nitrogen and oxygen atoms in total. The molecule has 28 heavy (non-hydrogen) atoms. The van der Waals surface area contributed by atoms with Crippen LogP contribution >= 0.6 is 0 Å². The van der Waals surface area contributed by atoms with E-state index in [0.717, 1.165) is 12.0 Å². The number of rotatable bonds is 7. The van der Waals surface area contributed by atoms with Gasteiger partial charge in [0, 0.05) is 17.2 Å². The van der Waals surface area contributed by atoms with Gasteiger partial charge in [0.15, 0.2) is 11.5 Å². The number of aromatic nitrogens is 1. The lowest BCUT2D eigenvalue weighted by atomic mass is 10.1. The van der Waals surface area contributed by atoms with Crippen molar-refractivity contribution in [3.8, 4) is 22.8 Å². The van der Waals surface area contributed by atoms with Gasteiger partial charge in [-0.1, -0.05) is 36.3 Å². The number of amides is 1. The Labute approximate surface area is 160 Å². The van der Waals surface area contributed by atoms with E-state index < -0.39 is 12.5 Å². The summed E-state index contributed by atoms with van der Waals surface area (Å²) < 4.78 is 39.3. The number of hydrogen-bond acceptors (Lipinski definition) is 5. The van der Waals surface area contributed by atoms with Gasteiger partial charge in [-0.25, -0.2) is 0 Å². The molecular weight excluding hydrogens is 370 g/mol. The molecule has 0 bridgehead atoms. The van der Waals surface area contributed by atoms with Gasteiger partial charge in [-0.15, -0.1) is 0 Å². The van der Waals surface area contributed by atoms with E-state index in [4.69, 9.17) is 9.26 Å². The van der Waals surface area contributed by atoms with E-state index in [2.05, 4.69) is 22.1 Å². The summed E-state index contributed by atoms with van der Waals surface area (Å²) in [6.07, 6.45) is 0.936. The topological polar surface area (TPSA) is 73.6 Å².